The Morgan fingerprint density at radius 1 is 0.356 bits per heavy atom. The summed E-state index contributed by atoms with van der Waals surface area (Å²) in [5.74, 6) is -0.335. The number of ether oxygens (including phenoxy) is 6. The van der Waals surface area contributed by atoms with E-state index in [9.17, 15) is 61.0 Å². The molecule has 3 rings (SSSR count). The van der Waals surface area contributed by atoms with Crippen molar-refractivity contribution in [1.29, 1.82) is 0 Å². The Labute approximate surface area is 627 Å². The van der Waals surface area contributed by atoms with E-state index in [-0.39, 0.29) is 18.9 Å². The lowest BCUT2D eigenvalue weighted by molar-refractivity contribution is -0.379. The molecular formula is C85H145NO18. The van der Waals surface area contributed by atoms with Gasteiger partial charge in [0.2, 0.25) is 5.91 Å². The van der Waals surface area contributed by atoms with Crippen LogP contribution in [-0.2, 0) is 33.2 Å². The zero-order chi connectivity index (χ0) is 75.3. The fourth-order valence-electron chi connectivity index (χ4n) is 13.0. The molecule has 3 heterocycles. The zero-order valence-corrected chi connectivity index (χ0v) is 64.0. The second kappa shape index (κ2) is 64.1. The van der Waals surface area contributed by atoms with Crippen LogP contribution in [0.2, 0.25) is 0 Å². The van der Waals surface area contributed by atoms with Crippen LogP contribution in [0.25, 0.3) is 0 Å². The number of allylic oxidation sites excluding steroid dienone is 19. The van der Waals surface area contributed by atoms with E-state index in [0.717, 1.165) is 83.5 Å². The summed E-state index contributed by atoms with van der Waals surface area (Å²) < 4.78 is 34.4. The maximum atomic E-state index is 13.5. The molecule has 0 saturated carbocycles. The zero-order valence-electron chi connectivity index (χ0n) is 64.0. The molecule has 17 atom stereocenters. The molecule has 0 aliphatic carbocycles. The maximum absolute atomic E-state index is 13.5. The van der Waals surface area contributed by atoms with Crippen molar-refractivity contribution in [3.63, 3.8) is 0 Å². The van der Waals surface area contributed by atoms with Crippen LogP contribution in [0.1, 0.15) is 277 Å². The largest absolute Gasteiger partial charge is 0.394 e. The third-order valence-corrected chi connectivity index (χ3v) is 19.5. The van der Waals surface area contributed by atoms with Gasteiger partial charge in [-0.3, -0.25) is 4.79 Å². The van der Waals surface area contributed by atoms with Crippen molar-refractivity contribution in [2.45, 2.75) is 381 Å². The normalized spacial score (nSPS) is 26.6. The highest BCUT2D eigenvalue weighted by Crippen LogP contribution is 2.33. The highest BCUT2D eigenvalue weighted by molar-refractivity contribution is 5.76. The van der Waals surface area contributed by atoms with Crippen LogP contribution in [0.5, 0.6) is 0 Å². The van der Waals surface area contributed by atoms with Gasteiger partial charge < -0.3 is 89.9 Å². The summed E-state index contributed by atoms with van der Waals surface area (Å²) in [4.78, 5) is 13.5. The highest BCUT2D eigenvalue weighted by Gasteiger charge is 2.54. The van der Waals surface area contributed by atoms with Gasteiger partial charge in [0.15, 0.2) is 18.9 Å². The number of nitrogens with one attached hydrogen (secondary N) is 1. The van der Waals surface area contributed by atoms with Gasteiger partial charge in [0.1, 0.15) is 73.2 Å². The van der Waals surface area contributed by atoms with E-state index in [0.29, 0.717) is 12.8 Å². The molecule has 0 aromatic carbocycles. The van der Waals surface area contributed by atoms with E-state index in [1.807, 2.05) is 12.2 Å². The Kier molecular flexibility index (Phi) is 58.1. The van der Waals surface area contributed by atoms with Crippen molar-refractivity contribution < 1.29 is 89.4 Å². The molecule has 0 radical (unpaired) electrons. The summed E-state index contributed by atoms with van der Waals surface area (Å²) in [6.45, 7) is 1.60. The van der Waals surface area contributed by atoms with Gasteiger partial charge >= 0.3 is 0 Å². The fraction of sp³-hybridized carbons (Fsp3) is 0.753. The first kappa shape index (κ1) is 94.4. The molecule has 19 nitrogen and oxygen atoms in total. The minimum atomic E-state index is -1.99. The molecule has 19 heteroatoms. The lowest BCUT2D eigenvalue weighted by Gasteiger charge is -2.48. The molecule has 0 spiro atoms. The molecule has 598 valence electrons. The predicted octanol–water partition coefficient (Wildman–Crippen LogP) is 13.9. The van der Waals surface area contributed by atoms with E-state index in [2.05, 4.69) is 122 Å². The SMILES string of the molecule is CC/C=C\C/C=C\C/C=C\C/C=C\C/C=C\C/C=C\C/C=C\C/C=C\C/C=C\CCCC(=O)NC(COC1OC(CO)C(OC2OC(CO)C(OC3OC(CO)C(O)C(O)C3O)C(O)C2O)C(O)C1O)C(O)/C=C/CCCCCCCCCCCCCCCCCCCCCCCCCCCCCC. The Morgan fingerprint density at radius 2 is 0.663 bits per heavy atom. The number of carbonyl (C=O) groups is 1. The second-order valence-corrected chi connectivity index (χ2v) is 28.5. The van der Waals surface area contributed by atoms with Gasteiger partial charge in [-0.05, 0) is 83.5 Å². The van der Waals surface area contributed by atoms with Crippen molar-refractivity contribution in [3.8, 4) is 0 Å². The molecule has 3 fully saturated rings. The monoisotopic (exact) mass is 1470 g/mol. The minimum Gasteiger partial charge on any atom is -0.394 e. The van der Waals surface area contributed by atoms with E-state index in [1.54, 1.807) is 6.08 Å². The highest BCUT2D eigenvalue weighted by atomic mass is 16.8. The summed E-state index contributed by atoms with van der Waals surface area (Å²) in [6.07, 6.45) is 63.3. The first-order valence-corrected chi connectivity index (χ1v) is 40.8. The van der Waals surface area contributed by atoms with Crippen LogP contribution >= 0.6 is 0 Å². The van der Waals surface area contributed by atoms with Crippen LogP contribution in [-0.4, -0.2) is 193 Å². The Bertz CT molecular complexity index is 2350. The fourth-order valence-corrected chi connectivity index (χ4v) is 13.0. The molecule has 104 heavy (non-hydrogen) atoms. The maximum Gasteiger partial charge on any atom is 0.220 e. The Balaban J connectivity index is 1.41. The number of hydrogen-bond acceptors (Lipinski definition) is 18. The minimum absolute atomic E-state index is 0.155. The van der Waals surface area contributed by atoms with E-state index in [4.69, 9.17) is 28.4 Å². The van der Waals surface area contributed by atoms with Crippen LogP contribution in [0.4, 0.5) is 0 Å². The van der Waals surface area contributed by atoms with E-state index in [1.165, 1.54) is 161 Å². The van der Waals surface area contributed by atoms with Crippen LogP contribution < -0.4 is 5.32 Å². The van der Waals surface area contributed by atoms with Gasteiger partial charge in [-0.2, -0.15) is 0 Å². The van der Waals surface area contributed by atoms with Gasteiger partial charge in [0.25, 0.3) is 0 Å². The first-order chi connectivity index (χ1) is 50.8. The smallest absolute Gasteiger partial charge is 0.220 e. The number of unbranched alkanes of at least 4 members (excludes halogenated alkanes) is 29. The number of aliphatic hydroxyl groups excluding tert-OH is 11. The molecule has 17 unspecified atom stereocenters. The van der Waals surface area contributed by atoms with Crippen molar-refractivity contribution in [2.24, 2.45) is 0 Å². The molecule has 3 saturated heterocycles. The van der Waals surface area contributed by atoms with Gasteiger partial charge in [-0.25, -0.2) is 0 Å². The molecule has 12 N–H and O–H groups in total. The molecule has 0 aromatic heterocycles. The van der Waals surface area contributed by atoms with Crippen LogP contribution in [0.3, 0.4) is 0 Å². The topological polar surface area (TPSA) is 307 Å². The molecule has 0 aromatic rings. The van der Waals surface area contributed by atoms with E-state index < -0.39 is 124 Å². The Hall–Kier alpha value is -3.81. The molecule has 1 amide bonds. The van der Waals surface area contributed by atoms with Crippen molar-refractivity contribution in [2.75, 3.05) is 26.4 Å². The number of hydrogen-bond donors (Lipinski definition) is 12. The third-order valence-electron chi connectivity index (χ3n) is 19.5. The van der Waals surface area contributed by atoms with Crippen molar-refractivity contribution in [1.82, 2.24) is 5.32 Å². The molecule has 0 bridgehead atoms. The molecule has 3 aliphatic rings. The van der Waals surface area contributed by atoms with Gasteiger partial charge in [-0.15, -0.1) is 0 Å². The molecular weight excluding hydrogens is 1320 g/mol. The lowest BCUT2D eigenvalue weighted by atomic mass is 9.96. The van der Waals surface area contributed by atoms with Gasteiger partial charge in [-0.1, -0.05) is 309 Å². The number of aliphatic hydroxyl groups is 11. The number of amides is 1. The summed E-state index contributed by atoms with van der Waals surface area (Å²) in [5, 5.41) is 121. The first-order valence-electron chi connectivity index (χ1n) is 40.8. The van der Waals surface area contributed by atoms with Gasteiger partial charge in [0.05, 0.1) is 38.6 Å². The molecule has 3 aliphatic heterocycles. The van der Waals surface area contributed by atoms with Gasteiger partial charge in [0, 0.05) is 6.42 Å². The second-order valence-electron chi connectivity index (χ2n) is 28.5. The van der Waals surface area contributed by atoms with Crippen LogP contribution in [0, 0.1) is 0 Å². The summed E-state index contributed by atoms with van der Waals surface area (Å²) >= 11 is 0. The summed E-state index contributed by atoms with van der Waals surface area (Å²) in [7, 11) is 0. The lowest BCUT2D eigenvalue weighted by Crippen LogP contribution is -2.66. The Morgan fingerprint density at radius 3 is 1.03 bits per heavy atom. The number of carbonyl (C=O) groups excluding carboxylic acids is 1. The average Bonchev–Trinajstić information content (AvgIpc) is 0.781. The van der Waals surface area contributed by atoms with E-state index >= 15 is 0 Å². The third kappa shape index (κ3) is 43.4. The summed E-state index contributed by atoms with van der Waals surface area (Å²) in [5.41, 5.74) is 0. The van der Waals surface area contributed by atoms with Crippen molar-refractivity contribution >= 4 is 5.91 Å². The number of rotatable bonds is 63. The summed E-state index contributed by atoms with van der Waals surface area (Å²) in [6, 6.07) is -1.02. The average molecular weight is 1470 g/mol. The quantitative estimate of drug-likeness (QED) is 0.0199. The standard InChI is InChI=1S/C85H145NO18/c1-3-5-7-9-11-13-15-17-19-21-23-25-27-29-31-33-35-36-38-40-42-44-46-48-50-52-54-56-58-60-62-69(90)68(86-73(91)63-61-59-57-55-53-51-49-47-45-43-41-39-37-34-32-30-28-26-24-22-20-18-16-14-12-10-8-6-4-2)67-99-83-79(97)76(94)81(71(65-88)101-83)104-85-80(98)77(95)82(72(66-89)102-85)103-84-78(96)75(93)74(92)70(64-87)100-84/h6,8,12,14,18,20,24,26,30,32,37,39,43,45,49,51,55,57,60,62,68-72,74-85,87-90,92-98H,3-5,7,9-11,13,15-17,19,21-23,25,27-29,31,33-36,38,40-42,44,46-48,50,52-54,56,58-59,61,63-67H2,1-2H3,(H,86,91)/b8-6-,14-12-,20-18-,26-24-,32-30-,39-37-,45-43-,51-49-,57-55-,62-60+. The van der Waals surface area contributed by atoms with Crippen LogP contribution in [0.15, 0.2) is 122 Å². The van der Waals surface area contributed by atoms with Crippen molar-refractivity contribution in [3.05, 3.63) is 122 Å². The predicted molar refractivity (Wildman–Crippen MR) is 415 cm³/mol.